The minimum Gasteiger partial charge on any atom is -0.342 e. The van der Waals surface area contributed by atoms with Gasteiger partial charge in [0.1, 0.15) is 18.3 Å². The third-order valence-corrected chi connectivity index (χ3v) is 6.25. The molecule has 1 aromatic heterocycles. The number of piperidine rings is 1. The van der Waals surface area contributed by atoms with Crippen molar-refractivity contribution in [2.45, 2.75) is 95.3 Å². The molecule has 4 aliphatic heterocycles. The SMILES string of the molecule is CC1(C)O[C@H]2[C@@H](O1)[C@H](C(=O)N1CCCC[C@H]1c1cccnc1)O[C@@H]1OC(C)(C)O[C@@H]12. The number of likely N-dealkylation sites (tertiary alicyclic amines) is 1. The molecule has 1 aromatic rings. The van der Waals surface area contributed by atoms with Crippen molar-refractivity contribution in [2.75, 3.05) is 6.54 Å². The van der Waals surface area contributed by atoms with Crippen LogP contribution in [0.1, 0.15) is 58.6 Å². The number of amides is 1. The molecule has 5 rings (SSSR count). The first-order valence-corrected chi connectivity index (χ1v) is 10.8. The summed E-state index contributed by atoms with van der Waals surface area (Å²) in [4.78, 5) is 20.0. The summed E-state index contributed by atoms with van der Waals surface area (Å²) in [5.41, 5.74) is 1.04. The van der Waals surface area contributed by atoms with E-state index in [0.29, 0.717) is 6.54 Å². The molecule has 164 valence electrons. The van der Waals surface area contributed by atoms with Gasteiger partial charge in [0.2, 0.25) is 0 Å². The first kappa shape index (κ1) is 20.3. The van der Waals surface area contributed by atoms with Gasteiger partial charge in [-0.15, -0.1) is 0 Å². The van der Waals surface area contributed by atoms with Crippen LogP contribution in [0.4, 0.5) is 0 Å². The number of hydrogen-bond donors (Lipinski definition) is 0. The van der Waals surface area contributed by atoms with Gasteiger partial charge in [-0.05, 0) is 58.6 Å². The zero-order valence-electron chi connectivity index (χ0n) is 17.9. The van der Waals surface area contributed by atoms with Crippen LogP contribution < -0.4 is 0 Å². The molecule has 4 aliphatic rings. The number of rotatable bonds is 2. The highest BCUT2D eigenvalue weighted by Gasteiger charge is 2.62. The minimum atomic E-state index is -0.827. The number of nitrogens with zero attached hydrogens (tertiary/aromatic N) is 2. The second kappa shape index (κ2) is 7.24. The molecule has 0 bridgehead atoms. The maximum atomic E-state index is 13.8. The molecule has 0 spiro atoms. The lowest BCUT2D eigenvalue weighted by atomic mass is 9.93. The van der Waals surface area contributed by atoms with E-state index < -0.39 is 42.3 Å². The number of carbonyl (C=O) groups excluding carboxylic acids is 1. The highest BCUT2D eigenvalue weighted by molar-refractivity contribution is 5.82. The van der Waals surface area contributed by atoms with Gasteiger partial charge in [-0.1, -0.05) is 6.07 Å². The van der Waals surface area contributed by atoms with Gasteiger partial charge in [0.05, 0.1) is 6.04 Å². The molecular formula is C22H30N2O6. The molecular weight excluding hydrogens is 388 g/mol. The average molecular weight is 418 g/mol. The van der Waals surface area contributed by atoms with Crippen LogP contribution in [-0.4, -0.2) is 64.6 Å². The molecule has 6 atom stereocenters. The van der Waals surface area contributed by atoms with E-state index in [1.165, 1.54) is 0 Å². The predicted octanol–water partition coefficient (Wildman–Crippen LogP) is 2.53. The summed E-state index contributed by atoms with van der Waals surface area (Å²) in [5, 5.41) is 0. The van der Waals surface area contributed by atoms with Crippen molar-refractivity contribution >= 4 is 5.91 Å². The third-order valence-electron chi connectivity index (χ3n) is 6.25. The van der Waals surface area contributed by atoms with E-state index in [9.17, 15) is 4.79 Å². The van der Waals surface area contributed by atoms with Gasteiger partial charge in [0.25, 0.3) is 5.91 Å². The maximum absolute atomic E-state index is 13.8. The normalized spacial score (nSPS) is 39.4. The molecule has 30 heavy (non-hydrogen) atoms. The lowest BCUT2D eigenvalue weighted by Gasteiger charge is -2.42. The third kappa shape index (κ3) is 3.54. The van der Waals surface area contributed by atoms with Crippen molar-refractivity contribution in [1.29, 1.82) is 0 Å². The average Bonchev–Trinajstić information content (AvgIpc) is 3.21. The van der Waals surface area contributed by atoms with E-state index in [0.717, 1.165) is 24.8 Å². The monoisotopic (exact) mass is 418 g/mol. The zero-order valence-corrected chi connectivity index (χ0v) is 17.9. The van der Waals surface area contributed by atoms with Crippen molar-refractivity contribution in [3.05, 3.63) is 30.1 Å². The molecule has 0 saturated carbocycles. The molecule has 4 saturated heterocycles. The summed E-state index contributed by atoms with van der Waals surface area (Å²) in [6.07, 6.45) is 3.62. The molecule has 8 nitrogen and oxygen atoms in total. The van der Waals surface area contributed by atoms with Crippen molar-refractivity contribution in [3.63, 3.8) is 0 Å². The van der Waals surface area contributed by atoms with Gasteiger partial charge in [0.15, 0.2) is 24.0 Å². The lowest BCUT2D eigenvalue weighted by Crippen LogP contribution is -2.60. The highest BCUT2D eigenvalue weighted by atomic mass is 16.9. The Morgan fingerprint density at radius 3 is 2.53 bits per heavy atom. The fourth-order valence-electron chi connectivity index (χ4n) is 5.09. The van der Waals surface area contributed by atoms with Crippen molar-refractivity contribution in [1.82, 2.24) is 9.88 Å². The van der Waals surface area contributed by atoms with E-state index in [1.807, 2.05) is 50.9 Å². The quantitative estimate of drug-likeness (QED) is 0.730. The van der Waals surface area contributed by atoms with Crippen LogP contribution in [-0.2, 0) is 28.5 Å². The first-order chi connectivity index (χ1) is 14.2. The van der Waals surface area contributed by atoms with Crippen LogP contribution in [0.25, 0.3) is 0 Å². The number of fused-ring (bicyclic) bond motifs is 3. The number of carbonyl (C=O) groups is 1. The molecule has 4 fully saturated rings. The lowest BCUT2D eigenvalue weighted by molar-refractivity contribution is -0.235. The van der Waals surface area contributed by atoms with Crippen molar-refractivity contribution in [3.8, 4) is 0 Å². The summed E-state index contributed by atoms with van der Waals surface area (Å²) in [6, 6.07) is 3.91. The van der Waals surface area contributed by atoms with Crippen molar-refractivity contribution < 1.29 is 28.5 Å². The van der Waals surface area contributed by atoms with E-state index in [4.69, 9.17) is 23.7 Å². The summed E-state index contributed by atoms with van der Waals surface area (Å²) in [7, 11) is 0. The van der Waals surface area contributed by atoms with Crippen LogP contribution in [0.2, 0.25) is 0 Å². The Morgan fingerprint density at radius 2 is 1.77 bits per heavy atom. The van der Waals surface area contributed by atoms with Gasteiger partial charge >= 0.3 is 0 Å². The molecule has 0 N–H and O–H groups in total. The van der Waals surface area contributed by atoms with Gasteiger partial charge in [-0.25, -0.2) is 0 Å². The van der Waals surface area contributed by atoms with Crippen LogP contribution in [0.3, 0.4) is 0 Å². The summed E-state index contributed by atoms with van der Waals surface area (Å²) >= 11 is 0. The Labute approximate surface area is 176 Å². The molecule has 0 aromatic carbocycles. The highest BCUT2D eigenvalue weighted by Crippen LogP contribution is 2.45. The van der Waals surface area contributed by atoms with Gasteiger partial charge in [-0.3, -0.25) is 9.78 Å². The Kier molecular flexibility index (Phi) is 4.91. The van der Waals surface area contributed by atoms with Crippen LogP contribution in [0, 0.1) is 0 Å². The summed E-state index contributed by atoms with van der Waals surface area (Å²) in [5.74, 6) is -1.73. The molecule has 0 aliphatic carbocycles. The van der Waals surface area contributed by atoms with Gasteiger partial charge in [-0.2, -0.15) is 0 Å². The molecule has 1 amide bonds. The second-order valence-electron chi connectivity index (χ2n) is 9.42. The molecule has 5 heterocycles. The Hall–Kier alpha value is -1.58. The Balaban J connectivity index is 1.44. The second-order valence-corrected chi connectivity index (χ2v) is 9.42. The molecule has 0 unspecified atom stereocenters. The van der Waals surface area contributed by atoms with E-state index in [-0.39, 0.29) is 11.9 Å². The summed E-state index contributed by atoms with van der Waals surface area (Å²) < 4.78 is 30.5. The minimum absolute atomic E-state index is 0.0211. The smallest absolute Gasteiger partial charge is 0.255 e. The largest absolute Gasteiger partial charge is 0.342 e. The topological polar surface area (TPSA) is 79.4 Å². The molecule has 0 radical (unpaired) electrons. The maximum Gasteiger partial charge on any atom is 0.255 e. The van der Waals surface area contributed by atoms with E-state index in [2.05, 4.69) is 4.98 Å². The number of pyridine rings is 1. The Bertz CT molecular complexity index is 800. The van der Waals surface area contributed by atoms with E-state index in [1.54, 1.807) is 6.20 Å². The summed E-state index contributed by atoms with van der Waals surface area (Å²) in [6.45, 7) is 8.05. The number of aromatic nitrogens is 1. The van der Waals surface area contributed by atoms with Crippen LogP contribution >= 0.6 is 0 Å². The predicted molar refractivity (Wildman–Crippen MR) is 105 cm³/mol. The standard InChI is InChI=1S/C22H30N2O6/c1-21(2)27-15-16(28-21)18-20(30-22(3,4)29-18)26-17(15)19(25)24-11-6-5-9-14(24)13-8-7-10-23-12-13/h7-8,10,12,14-18,20H,5-6,9,11H2,1-4H3/t14-,15+,16-,17+,18+,20+/m0/s1. The number of hydrogen-bond acceptors (Lipinski definition) is 7. The first-order valence-electron chi connectivity index (χ1n) is 10.8. The van der Waals surface area contributed by atoms with E-state index >= 15 is 0 Å². The van der Waals surface area contributed by atoms with Crippen LogP contribution in [0.15, 0.2) is 24.5 Å². The van der Waals surface area contributed by atoms with Gasteiger partial charge < -0.3 is 28.6 Å². The zero-order chi connectivity index (χ0) is 21.1. The number of ether oxygens (including phenoxy) is 5. The molecule has 8 heteroatoms. The fraction of sp³-hybridized carbons (Fsp3) is 0.727. The fourth-order valence-corrected chi connectivity index (χ4v) is 5.09. The van der Waals surface area contributed by atoms with Crippen molar-refractivity contribution in [2.24, 2.45) is 0 Å². The van der Waals surface area contributed by atoms with Crippen LogP contribution in [0.5, 0.6) is 0 Å². The Morgan fingerprint density at radius 1 is 1.03 bits per heavy atom. The van der Waals surface area contributed by atoms with Gasteiger partial charge in [0, 0.05) is 18.9 Å².